The molecule has 0 saturated carbocycles. The Morgan fingerprint density at radius 3 is 2.62 bits per heavy atom. The SMILES string of the molecule is OC[C@@H]1O[C@H](n2cnc3c(N4CCOCC4)ncnc32)[C@H](O)[C@@H]1O. The van der Waals surface area contributed by atoms with E-state index < -0.39 is 24.5 Å². The number of anilines is 1. The maximum atomic E-state index is 10.2. The fraction of sp³-hybridized carbons (Fsp3) is 0.643. The molecule has 0 unspecified atom stereocenters. The van der Waals surface area contributed by atoms with E-state index in [4.69, 9.17) is 9.47 Å². The van der Waals surface area contributed by atoms with Gasteiger partial charge in [-0.05, 0) is 0 Å². The van der Waals surface area contributed by atoms with Crippen molar-refractivity contribution in [3.63, 3.8) is 0 Å². The summed E-state index contributed by atoms with van der Waals surface area (Å²) in [5.74, 6) is 0.703. The Balaban J connectivity index is 1.71. The topological polar surface area (TPSA) is 126 Å². The predicted octanol–water partition coefficient (Wildman–Crippen LogP) is -1.73. The van der Waals surface area contributed by atoms with Crippen molar-refractivity contribution in [1.29, 1.82) is 0 Å². The van der Waals surface area contributed by atoms with Gasteiger partial charge in [0.1, 0.15) is 24.6 Å². The Morgan fingerprint density at radius 1 is 1.12 bits per heavy atom. The monoisotopic (exact) mass is 337 g/mol. The van der Waals surface area contributed by atoms with Crippen LogP contribution in [0.25, 0.3) is 11.2 Å². The van der Waals surface area contributed by atoms with Crippen molar-refractivity contribution in [1.82, 2.24) is 19.5 Å². The van der Waals surface area contributed by atoms with Crippen LogP contribution in [-0.4, -0.2) is 86.1 Å². The van der Waals surface area contributed by atoms with Crippen LogP contribution < -0.4 is 4.90 Å². The Bertz CT molecular complexity index is 719. The van der Waals surface area contributed by atoms with E-state index in [0.717, 1.165) is 0 Å². The summed E-state index contributed by atoms with van der Waals surface area (Å²) in [5, 5.41) is 29.4. The third kappa shape index (κ3) is 2.43. The summed E-state index contributed by atoms with van der Waals surface area (Å²) in [6.45, 7) is 2.30. The molecule has 4 heterocycles. The lowest BCUT2D eigenvalue weighted by molar-refractivity contribution is -0.0511. The maximum absolute atomic E-state index is 10.2. The van der Waals surface area contributed by atoms with Gasteiger partial charge in [0.05, 0.1) is 26.1 Å². The van der Waals surface area contributed by atoms with Crippen LogP contribution in [0, 0.1) is 0 Å². The average Bonchev–Trinajstić information content (AvgIpc) is 3.17. The minimum absolute atomic E-state index is 0.380. The van der Waals surface area contributed by atoms with Gasteiger partial charge in [0.25, 0.3) is 0 Å². The summed E-state index contributed by atoms with van der Waals surface area (Å²) >= 11 is 0. The molecule has 2 aliphatic heterocycles. The molecule has 0 aliphatic carbocycles. The summed E-state index contributed by atoms with van der Waals surface area (Å²) < 4.78 is 12.5. The smallest absolute Gasteiger partial charge is 0.167 e. The van der Waals surface area contributed by atoms with Crippen LogP contribution in [0.4, 0.5) is 5.82 Å². The van der Waals surface area contributed by atoms with Crippen LogP contribution in [0.15, 0.2) is 12.7 Å². The molecule has 2 saturated heterocycles. The van der Waals surface area contributed by atoms with Crippen LogP contribution in [0.5, 0.6) is 0 Å². The zero-order valence-electron chi connectivity index (χ0n) is 12.9. The molecule has 10 nitrogen and oxygen atoms in total. The number of hydrogen-bond acceptors (Lipinski definition) is 9. The molecule has 130 valence electrons. The summed E-state index contributed by atoms with van der Waals surface area (Å²) in [5.41, 5.74) is 1.10. The van der Waals surface area contributed by atoms with Crippen LogP contribution >= 0.6 is 0 Å². The number of fused-ring (bicyclic) bond motifs is 1. The fourth-order valence-corrected chi connectivity index (χ4v) is 3.14. The molecule has 0 radical (unpaired) electrons. The van der Waals surface area contributed by atoms with Gasteiger partial charge in [0, 0.05) is 13.1 Å². The van der Waals surface area contributed by atoms with Gasteiger partial charge in [-0.15, -0.1) is 0 Å². The second kappa shape index (κ2) is 6.22. The van der Waals surface area contributed by atoms with E-state index in [1.54, 1.807) is 4.57 Å². The molecule has 0 bridgehead atoms. The normalized spacial score (nSPS) is 31.0. The highest BCUT2D eigenvalue weighted by molar-refractivity contribution is 5.83. The molecule has 2 fully saturated rings. The zero-order chi connectivity index (χ0) is 16.7. The van der Waals surface area contributed by atoms with Gasteiger partial charge < -0.3 is 29.7 Å². The van der Waals surface area contributed by atoms with Crippen molar-refractivity contribution in [3.05, 3.63) is 12.7 Å². The Kier molecular flexibility index (Phi) is 4.06. The Morgan fingerprint density at radius 2 is 1.92 bits per heavy atom. The minimum atomic E-state index is -1.18. The molecule has 2 aromatic heterocycles. The van der Waals surface area contributed by atoms with E-state index in [2.05, 4.69) is 19.9 Å². The first-order chi connectivity index (χ1) is 11.7. The maximum Gasteiger partial charge on any atom is 0.167 e. The van der Waals surface area contributed by atoms with Gasteiger partial charge >= 0.3 is 0 Å². The molecule has 3 N–H and O–H groups in total. The Hall–Kier alpha value is -1.85. The van der Waals surface area contributed by atoms with Crippen LogP contribution in [0.1, 0.15) is 6.23 Å². The second-order valence-electron chi connectivity index (χ2n) is 5.85. The molecule has 0 aromatic carbocycles. The van der Waals surface area contributed by atoms with Gasteiger partial charge in [-0.2, -0.15) is 0 Å². The third-order valence-electron chi connectivity index (χ3n) is 4.44. The summed E-state index contributed by atoms with van der Waals surface area (Å²) in [7, 11) is 0. The number of rotatable bonds is 3. The van der Waals surface area contributed by atoms with Crippen molar-refractivity contribution in [2.24, 2.45) is 0 Å². The lowest BCUT2D eigenvalue weighted by atomic mass is 10.1. The zero-order valence-corrected chi connectivity index (χ0v) is 12.9. The molecule has 4 rings (SSSR count). The van der Waals surface area contributed by atoms with E-state index in [0.29, 0.717) is 43.3 Å². The van der Waals surface area contributed by atoms with Gasteiger partial charge in [0.2, 0.25) is 0 Å². The number of imidazole rings is 1. The van der Waals surface area contributed by atoms with Gasteiger partial charge in [-0.1, -0.05) is 0 Å². The molecule has 0 spiro atoms. The second-order valence-corrected chi connectivity index (χ2v) is 5.85. The first-order valence-electron chi connectivity index (χ1n) is 7.83. The summed E-state index contributed by atoms with van der Waals surface area (Å²) in [6.07, 6.45) is -1.12. The highest BCUT2D eigenvalue weighted by atomic mass is 16.6. The molecular weight excluding hydrogens is 318 g/mol. The van der Waals surface area contributed by atoms with Crippen molar-refractivity contribution < 1.29 is 24.8 Å². The number of ether oxygens (including phenoxy) is 2. The van der Waals surface area contributed by atoms with Crippen molar-refractivity contribution in [2.75, 3.05) is 37.8 Å². The summed E-state index contributed by atoms with van der Waals surface area (Å²) in [6, 6.07) is 0. The number of nitrogens with zero attached hydrogens (tertiary/aromatic N) is 5. The van der Waals surface area contributed by atoms with E-state index >= 15 is 0 Å². The van der Waals surface area contributed by atoms with Crippen molar-refractivity contribution in [2.45, 2.75) is 24.5 Å². The molecule has 0 amide bonds. The predicted molar refractivity (Wildman–Crippen MR) is 81.4 cm³/mol. The van der Waals surface area contributed by atoms with E-state index in [1.165, 1.54) is 12.7 Å². The van der Waals surface area contributed by atoms with Gasteiger partial charge in [-0.25, -0.2) is 15.0 Å². The van der Waals surface area contributed by atoms with E-state index in [1.807, 2.05) is 0 Å². The number of aromatic nitrogens is 4. The quantitative estimate of drug-likeness (QED) is 0.599. The first-order valence-corrected chi connectivity index (χ1v) is 7.83. The Labute approximate surface area is 137 Å². The fourth-order valence-electron chi connectivity index (χ4n) is 3.14. The molecule has 2 aliphatic rings. The third-order valence-corrected chi connectivity index (χ3v) is 4.44. The molecule has 2 aromatic rings. The highest BCUT2D eigenvalue weighted by Crippen LogP contribution is 2.32. The largest absolute Gasteiger partial charge is 0.394 e. The molecule has 24 heavy (non-hydrogen) atoms. The van der Waals surface area contributed by atoms with Gasteiger partial charge in [-0.3, -0.25) is 4.57 Å². The standard InChI is InChI=1S/C14H19N5O5/c20-5-8-10(21)11(22)14(24-8)19-7-17-9-12(15-6-16-13(9)19)18-1-3-23-4-2-18/h6-8,10-11,14,20-22H,1-5H2/t8-,10+,11+,14-/m0/s1. The van der Waals surface area contributed by atoms with Gasteiger partial charge in [0.15, 0.2) is 23.2 Å². The lowest BCUT2D eigenvalue weighted by Gasteiger charge is -2.27. The first kappa shape index (κ1) is 15.7. The van der Waals surface area contributed by atoms with Crippen molar-refractivity contribution in [3.8, 4) is 0 Å². The summed E-state index contributed by atoms with van der Waals surface area (Å²) in [4.78, 5) is 15.0. The number of aliphatic hydroxyl groups is 3. The van der Waals surface area contributed by atoms with E-state index in [9.17, 15) is 15.3 Å². The number of aliphatic hydroxyl groups excluding tert-OH is 3. The van der Waals surface area contributed by atoms with Crippen LogP contribution in [0.3, 0.4) is 0 Å². The number of morpholine rings is 1. The lowest BCUT2D eigenvalue weighted by Crippen LogP contribution is -2.37. The molecular formula is C14H19N5O5. The van der Waals surface area contributed by atoms with Crippen LogP contribution in [-0.2, 0) is 9.47 Å². The minimum Gasteiger partial charge on any atom is -0.394 e. The molecule has 4 atom stereocenters. The number of hydrogen-bond donors (Lipinski definition) is 3. The average molecular weight is 337 g/mol. The molecule has 10 heteroatoms. The van der Waals surface area contributed by atoms with Crippen molar-refractivity contribution >= 4 is 17.0 Å². The highest BCUT2D eigenvalue weighted by Gasteiger charge is 2.44. The van der Waals surface area contributed by atoms with E-state index in [-0.39, 0.29) is 6.61 Å². The van der Waals surface area contributed by atoms with Crippen LogP contribution in [0.2, 0.25) is 0 Å².